The summed E-state index contributed by atoms with van der Waals surface area (Å²) in [5, 5.41) is 13.0. The maximum absolute atomic E-state index is 8.78. The quantitative estimate of drug-likeness (QED) is 0.825. The Hall–Kier alpha value is -0.100. The van der Waals surface area contributed by atoms with Gasteiger partial charge in [-0.3, -0.25) is 4.68 Å². The van der Waals surface area contributed by atoms with Gasteiger partial charge in [-0.05, 0) is 42.5 Å². The Morgan fingerprint density at radius 3 is 2.64 bits per heavy atom. The summed E-state index contributed by atoms with van der Waals surface area (Å²) in [6.07, 6.45) is 0. The Morgan fingerprint density at radius 1 is 1.73 bits per heavy atom. The number of aliphatic hydroxyl groups excluding tert-OH is 1. The van der Waals surface area contributed by atoms with E-state index >= 15 is 0 Å². The van der Waals surface area contributed by atoms with E-state index in [-0.39, 0.29) is 6.61 Å². The first-order valence-electron chi connectivity index (χ1n) is 3.50. The minimum Gasteiger partial charge on any atom is -0.390 e. The lowest BCUT2D eigenvalue weighted by atomic mass is 10.4. The minimum absolute atomic E-state index is 0.0235. The van der Waals surface area contributed by atoms with E-state index < -0.39 is 0 Å². The molecule has 0 aliphatic carbocycles. The van der Waals surface area contributed by atoms with Crippen LogP contribution in [0.5, 0.6) is 0 Å². The molecular weight excluding hydrogens is 255 g/mol. The summed E-state index contributed by atoms with van der Waals surface area (Å²) >= 11 is 2.21. The Bertz CT molecular complexity index is 245. The molecule has 0 aromatic carbocycles. The SMILES string of the molecule is CC(C)n1nc(CO)cc1I. The topological polar surface area (TPSA) is 38.0 Å². The zero-order valence-corrected chi connectivity index (χ0v) is 8.74. The molecule has 0 radical (unpaired) electrons. The van der Waals surface area contributed by atoms with Gasteiger partial charge in [0.05, 0.1) is 16.0 Å². The molecule has 0 atom stereocenters. The Balaban J connectivity index is 2.97. The zero-order valence-electron chi connectivity index (χ0n) is 6.58. The van der Waals surface area contributed by atoms with E-state index in [9.17, 15) is 0 Å². The van der Waals surface area contributed by atoms with Crippen LogP contribution in [0.3, 0.4) is 0 Å². The summed E-state index contributed by atoms with van der Waals surface area (Å²) in [6.45, 7) is 4.16. The summed E-state index contributed by atoms with van der Waals surface area (Å²) in [5.41, 5.74) is 0.739. The molecule has 0 saturated carbocycles. The fourth-order valence-corrected chi connectivity index (χ4v) is 1.88. The van der Waals surface area contributed by atoms with Gasteiger partial charge in [0.2, 0.25) is 0 Å². The van der Waals surface area contributed by atoms with Crippen LogP contribution in [0.1, 0.15) is 25.6 Å². The highest BCUT2D eigenvalue weighted by molar-refractivity contribution is 14.1. The summed E-state index contributed by atoms with van der Waals surface area (Å²) in [7, 11) is 0. The van der Waals surface area contributed by atoms with Gasteiger partial charge in [0.15, 0.2) is 0 Å². The first-order valence-corrected chi connectivity index (χ1v) is 4.57. The van der Waals surface area contributed by atoms with Crippen molar-refractivity contribution in [3.63, 3.8) is 0 Å². The van der Waals surface area contributed by atoms with E-state index in [1.54, 1.807) is 0 Å². The maximum Gasteiger partial charge on any atom is 0.0996 e. The number of hydrogen-bond donors (Lipinski definition) is 1. The van der Waals surface area contributed by atoms with Crippen LogP contribution in [0, 0.1) is 3.70 Å². The van der Waals surface area contributed by atoms with Crippen molar-refractivity contribution in [3.8, 4) is 0 Å². The zero-order chi connectivity index (χ0) is 8.43. The third-order valence-electron chi connectivity index (χ3n) is 1.39. The van der Waals surface area contributed by atoms with Gasteiger partial charge < -0.3 is 5.11 Å². The van der Waals surface area contributed by atoms with Crippen molar-refractivity contribution in [2.24, 2.45) is 0 Å². The van der Waals surface area contributed by atoms with Gasteiger partial charge in [-0.2, -0.15) is 5.10 Å². The molecule has 1 aromatic heterocycles. The van der Waals surface area contributed by atoms with Crippen molar-refractivity contribution in [1.82, 2.24) is 9.78 Å². The second kappa shape index (κ2) is 3.53. The highest BCUT2D eigenvalue weighted by Crippen LogP contribution is 2.12. The van der Waals surface area contributed by atoms with Gasteiger partial charge in [0, 0.05) is 6.04 Å². The van der Waals surface area contributed by atoms with E-state index in [1.165, 1.54) is 0 Å². The first kappa shape index (κ1) is 8.99. The van der Waals surface area contributed by atoms with Gasteiger partial charge in [0.1, 0.15) is 0 Å². The van der Waals surface area contributed by atoms with Crippen LogP contribution < -0.4 is 0 Å². The van der Waals surface area contributed by atoms with Gasteiger partial charge in [-0.1, -0.05) is 0 Å². The monoisotopic (exact) mass is 266 g/mol. The highest BCUT2D eigenvalue weighted by Gasteiger charge is 2.06. The minimum atomic E-state index is 0.0235. The van der Waals surface area contributed by atoms with Crippen molar-refractivity contribution in [2.75, 3.05) is 0 Å². The molecule has 0 amide bonds. The molecule has 4 heteroatoms. The molecule has 62 valence electrons. The molecule has 0 saturated heterocycles. The Labute approximate surface area is 79.6 Å². The average molecular weight is 266 g/mol. The number of aliphatic hydroxyl groups is 1. The summed E-state index contributed by atoms with van der Waals surface area (Å²) in [6, 6.07) is 2.25. The normalized spacial score (nSPS) is 11.0. The number of nitrogens with zero attached hydrogens (tertiary/aromatic N) is 2. The van der Waals surface area contributed by atoms with Crippen molar-refractivity contribution in [3.05, 3.63) is 15.5 Å². The van der Waals surface area contributed by atoms with Crippen LogP contribution in [-0.4, -0.2) is 14.9 Å². The van der Waals surface area contributed by atoms with Gasteiger partial charge in [0.25, 0.3) is 0 Å². The Morgan fingerprint density at radius 2 is 2.36 bits per heavy atom. The van der Waals surface area contributed by atoms with E-state index in [4.69, 9.17) is 5.11 Å². The molecule has 1 aromatic rings. The molecule has 1 heterocycles. The third kappa shape index (κ3) is 1.93. The summed E-state index contributed by atoms with van der Waals surface area (Å²) in [4.78, 5) is 0. The lowest BCUT2D eigenvalue weighted by molar-refractivity contribution is 0.274. The van der Waals surface area contributed by atoms with Gasteiger partial charge in [-0.25, -0.2) is 0 Å². The highest BCUT2D eigenvalue weighted by atomic mass is 127. The Kier molecular flexibility index (Phi) is 2.89. The molecule has 0 aliphatic heterocycles. The number of hydrogen-bond acceptors (Lipinski definition) is 2. The van der Waals surface area contributed by atoms with Crippen LogP contribution in [0.4, 0.5) is 0 Å². The molecule has 1 N–H and O–H groups in total. The lowest BCUT2D eigenvalue weighted by Gasteiger charge is -2.05. The number of rotatable bonds is 2. The first-order chi connectivity index (χ1) is 5.15. The van der Waals surface area contributed by atoms with Crippen molar-refractivity contribution in [1.29, 1.82) is 0 Å². The fraction of sp³-hybridized carbons (Fsp3) is 0.571. The van der Waals surface area contributed by atoms with E-state index in [0.717, 1.165) is 9.39 Å². The van der Waals surface area contributed by atoms with Crippen molar-refractivity contribution in [2.45, 2.75) is 26.5 Å². The molecule has 11 heavy (non-hydrogen) atoms. The average Bonchev–Trinajstić information content (AvgIpc) is 2.30. The van der Waals surface area contributed by atoms with Crippen LogP contribution in [0.15, 0.2) is 6.07 Å². The largest absolute Gasteiger partial charge is 0.390 e. The number of halogens is 1. The lowest BCUT2D eigenvalue weighted by Crippen LogP contribution is -2.05. The summed E-state index contributed by atoms with van der Waals surface area (Å²) in [5.74, 6) is 0. The second-order valence-electron chi connectivity index (χ2n) is 2.65. The van der Waals surface area contributed by atoms with Crippen LogP contribution >= 0.6 is 22.6 Å². The molecule has 0 unspecified atom stereocenters. The van der Waals surface area contributed by atoms with Crippen LogP contribution in [-0.2, 0) is 6.61 Å². The molecule has 0 spiro atoms. The second-order valence-corrected chi connectivity index (χ2v) is 3.76. The fourth-order valence-electron chi connectivity index (χ4n) is 0.858. The maximum atomic E-state index is 8.78. The smallest absolute Gasteiger partial charge is 0.0996 e. The third-order valence-corrected chi connectivity index (χ3v) is 2.20. The molecular formula is C7H11IN2O. The van der Waals surface area contributed by atoms with Crippen molar-refractivity contribution < 1.29 is 5.11 Å². The van der Waals surface area contributed by atoms with Gasteiger partial charge >= 0.3 is 0 Å². The molecule has 3 nitrogen and oxygen atoms in total. The van der Waals surface area contributed by atoms with Gasteiger partial charge in [-0.15, -0.1) is 0 Å². The van der Waals surface area contributed by atoms with E-state index in [2.05, 4.69) is 41.5 Å². The number of aromatic nitrogens is 2. The molecule has 0 aliphatic rings. The van der Waals surface area contributed by atoms with Crippen molar-refractivity contribution >= 4 is 22.6 Å². The van der Waals surface area contributed by atoms with Crippen LogP contribution in [0.2, 0.25) is 0 Å². The standard InChI is InChI=1S/C7H11IN2O/c1-5(2)10-7(8)3-6(4-11)9-10/h3,5,11H,4H2,1-2H3. The predicted octanol–water partition coefficient (Wildman–Crippen LogP) is 1.56. The molecule has 1 rings (SSSR count). The molecule has 0 fully saturated rings. The predicted molar refractivity (Wildman–Crippen MR) is 51.3 cm³/mol. The van der Waals surface area contributed by atoms with E-state index in [1.807, 2.05) is 10.7 Å². The van der Waals surface area contributed by atoms with E-state index in [0.29, 0.717) is 6.04 Å². The molecule has 0 bridgehead atoms. The van der Waals surface area contributed by atoms with Crippen LogP contribution in [0.25, 0.3) is 0 Å². The summed E-state index contributed by atoms with van der Waals surface area (Å²) < 4.78 is 2.97.